The van der Waals surface area contributed by atoms with E-state index >= 15 is 0 Å². The van der Waals surface area contributed by atoms with Gasteiger partial charge in [-0.15, -0.1) is 12.4 Å². The average molecular weight is 335 g/mol. The van der Waals surface area contributed by atoms with E-state index in [1.165, 1.54) is 0 Å². The number of ether oxygens (including phenoxy) is 1. The first-order valence-corrected chi connectivity index (χ1v) is 7.50. The maximum Gasteiger partial charge on any atom is 0.265 e. The highest BCUT2D eigenvalue weighted by atomic mass is 35.5. The van der Waals surface area contributed by atoms with Crippen molar-refractivity contribution >= 4 is 18.3 Å². The normalized spacial score (nSPS) is 11.2. The molecule has 5 heteroatoms. The summed E-state index contributed by atoms with van der Waals surface area (Å²) in [7, 11) is 1.90. The number of carbonyl (C=O) groups excluding carboxylic acids is 1. The summed E-state index contributed by atoms with van der Waals surface area (Å²) in [5.74, 6) is 0.563. The molecule has 1 unspecified atom stereocenters. The Bertz CT molecular complexity index is 564. The van der Waals surface area contributed by atoms with Crippen molar-refractivity contribution in [1.82, 2.24) is 10.6 Å². The molecule has 0 aliphatic carbocycles. The number of rotatable bonds is 8. The van der Waals surface area contributed by atoms with Gasteiger partial charge in [0.05, 0.1) is 0 Å². The van der Waals surface area contributed by atoms with Crippen molar-refractivity contribution in [3.8, 4) is 5.75 Å². The highest BCUT2D eigenvalue weighted by Gasteiger charge is 2.22. The molecule has 0 aromatic heterocycles. The van der Waals surface area contributed by atoms with Gasteiger partial charge in [0.25, 0.3) is 5.91 Å². The quantitative estimate of drug-likeness (QED) is 0.730. The number of nitrogens with one attached hydrogen (secondary N) is 2. The number of hydrogen-bond acceptors (Lipinski definition) is 3. The SMILES string of the molecule is CNCCCNC(=O)C(Oc1ccccc1)c1ccccc1.Cl. The number of halogens is 1. The fourth-order valence-electron chi connectivity index (χ4n) is 2.11. The lowest BCUT2D eigenvalue weighted by Crippen LogP contribution is -2.34. The molecule has 0 radical (unpaired) electrons. The Hall–Kier alpha value is -2.04. The molecule has 0 bridgehead atoms. The van der Waals surface area contributed by atoms with Crippen LogP contribution >= 0.6 is 12.4 Å². The zero-order chi connectivity index (χ0) is 15.6. The van der Waals surface area contributed by atoms with E-state index in [0.717, 1.165) is 18.5 Å². The van der Waals surface area contributed by atoms with Gasteiger partial charge in [-0.1, -0.05) is 48.5 Å². The molecule has 0 heterocycles. The van der Waals surface area contributed by atoms with Gasteiger partial charge >= 0.3 is 0 Å². The molecule has 4 nitrogen and oxygen atoms in total. The van der Waals surface area contributed by atoms with Gasteiger partial charge in [-0.25, -0.2) is 0 Å². The Balaban J connectivity index is 0.00000264. The molecule has 0 saturated carbocycles. The van der Waals surface area contributed by atoms with E-state index in [1.54, 1.807) is 0 Å². The van der Waals surface area contributed by atoms with Crippen molar-refractivity contribution in [2.24, 2.45) is 0 Å². The van der Waals surface area contributed by atoms with Gasteiger partial charge in [-0.05, 0) is 32.1 Å². The molecule has 0 aliphatic heterocycles. The molecule has 0 saturated heterocycles. The minimum atomic E-state index is -0.641. The van der Waals surface area contributed by atoms with E-state index in [9.17, 15) is 4.79 Å². The zero-order valence-corrected chi connectivity index (χ0v) is 14.0. The molecule has 124 valence electrons. The van der Waals surface area contributed by atoms with Crippen molar-refractivity contribution in [2.45, 2.75) is 12.5 Å². The van der Waals surface area contributed by atoms with Crippen LogP contribution in [0.1, 0.15) is 18.1 Å². The highest BCUT2D eigenvalue weighted by molar-refractivity contribution is 5.85. The van der Waals surface area contributed by atoms with Crippen molar-refractivity contribution in [1.29, 1.82) is 0 Å². The summed E-state index contributed by atoms with van der Waals surface area (Å²) in [5.41, 5.74) is 0.845. The summed E-state index contributed by atoms with van der Waals surface area (Å²) in [5, 5.41) is 5.99. The Morgan fingerprint density at radius 1 is 1.00 bits per heavy atom. The third kappa shape index (κ3) is 6.30. The van der Waals surface area contributed by atoms with Gasteiger partial charge in [0, 0.05) is 12.1 Å². The van der Waals surface area contributed by atoms with E-state index in [-0.39, 0.29) is 18.3 Å². The lowest BCUT2D eigenvalue weighted by atomic mass is 10.1. The average Bonchev–Trinajstić information content (AvgIpc) is 2.58. The van der Waals surface area contributed by atoms with Crippen LogP contribution in [0.2, 0.25) is 0 Å². The number of amides is 1. The molecule has 0 fully saturated rings. The van der Waals surface area contributed by atoms with E-state index in [1.807, 2.05) is 67.7 Å². The Morgan fingerprint density at radius 3 is 2.22 bits per heavy atom. The Kier molecular flexibility index (Phi) is 8.80. The van der Waals surface area contributed by atoms with Crippen molar-refractivity contribution < 1.29 is 9.53 Å². The fourth-order valence-corrected chi connectivity index (χ4v) is 2.11. The molecule has 1 atom stereocenters. The third-order valence-corrected chi connectivity index (χ3v) is 3.24. The second kappa shape index (κ2) is 10.6. The predicted molar refractivity (Wildman–Crippen MR) is 95.1 cm³/mol. The molecule has 23 heavy (non-hydrogen) atoms. The minimum absolute atomic E-state index is 0. The fraction of sp³-hybridized carbons (Fsp3) is 0.278. The van der Waals surface area contributed by atoms with Crippen LogP contribution in [0, 0.1) is 0 Å². The van der Waals surface area contributed by atoms with Gasteiger partial charge in [-0.2, -0.15) is 0 Å². The predicted octanol–water partition coefficient (Wildman–Crippen LogP) is 2.95. The lowest BCUT2D eigenvalue weighted by Gasteiger charge is -2.19. The molecular weight excluding hydrogens is 312 g/mol. The number of hydrogen-bond donors (Lipinski definition) is 2. The second-order valence-electron chi connectivity index (χ2n) is 4.97. The van der Waals surface area contributed by atoms with Crippen LogP contribution < -0.4 is 15.4 Å². The minimum Gasteiger partial charge on any atom is -0.476 e. The van der Waals surface area contributed by atoms with E-state index in [2.05, 4.69) is 10.6 Å². The number of para-hydroxylation sites is 1. The van der Waals surface area contributed by atoms with Crippen LogP contribution in [0.15, 0.2) is 60.7 Å². The maximum atomic E-state index is 12.5. The van der Waals surface area contributed by atoms with Gasteiger partial charge in [0.2, 0.25) is 6.10 Å². The first-order valence-electron chi connectivity index (χ1n) is 7.50. The van der Waals surface area contributed by atoms with Crippen LogP contribution in [-0.2, 0) is 4.79 Å². The van der Waals surface area contributed by atoms with Crippen molar-refractivity contribution in [3.63, 3.8) is 0 Å². The van der Waals surface area contributed by atoms with Crippen LogP contribution in [0.5, 0.6) is 5.75 Å². The van der Waals surface area contributed by atoms with Crippen molar-refractivity contribution in [3.05, 3.63) is 66.2 Å². The number of benzene rings is 2. The molecule has 2 N–H and O–H groups in total. The molecule has 1 amide bonds. The lowest BCUT2D eigenvalue weighted by molar-refractivity contribution is -0.128. The molecule has 2 aromatic carbocycles. The Labute approximate surface area is 143 Å². The van der Waals surface area contributed by atoms with E-state index in [0.29, 0.717) is 12.3 Å². The molecule has 0 aliphatic rings. The summed E-state index contributed by atoms with van der Waals surface area (Å²) in [4.78, 5) is 12.5. The molecule has 2 aromatic rings. The molecule has 0 spiro atoms. The van der Waals surface area contributed by atoms with Crippen LogP contribution in [0.4, 0.5) is 0 Å². The zero-order valence-electron chi connectivity index (χ0n) is 13.2. The molecule has 2 rings (SSSR count). The topological polar surface area (TPSA) is 50.4 Å². The van der Waals surface area contributed by atoms with Crippen LogP contribution in [0.25, 0.3) is 0 Å². The van der Waals surface area contributed by atoms with E-state index in [4.69, 9.17) is 4.74 Å². The Morgan fingerprint density at radius 2 is 1.61 bits per heavy atom. The summed E-state index contributed by atoms with van der Waals surface area (Å²) in [6.07, 6.45) is 0.243. The number of carbonyl (C=O) groups is 1. The highest BCUT2D eigenvalue weighted by Crippen LogP contribution is 2.21. The third-order valence-electron chi connectivity index (χ3n) is 3.24. The smallest absolute Gasteiger partial charge is 0.265 e. The summed E-state index contributed by atoms with van der Waals surface area (Å²) < 4.78 is 5.89. The summed E-state index contributed by atoms with van der Waals surface area (Å²) >= 11 is 0. The van der Waals surface area contributed by atoms with Gasteiger partial charge in [-0.3, -0.25) is 4.79 Å². The first kappa shape index (κ1) is 19.0. The van der Waals surface area contributed by atoms with Gasteiger partial charge in [0.1, 0.15) is 5.75 Å². The second-order valence-corrected chi connectivity index (χ2v) is 4.97. The van der Waals surface area contributed by atoms with Crippen LogP contribution in [0.3, 0.4) is 0 Å². The maximum absolute atomic E-state index is 12.5. The van der Waals surface area contributed by atoms with Crippen molar-refractivity contribution in [2.75, 3.05) is 20.1 Å². The standard InChI is InChI=1S/C18H22N2O2.ClH/c1-19-13-8-14-20-18(21)17(15-9-4-2-5-10-15)22-16-11-6-3-7-12-16;/h2-7,9-12,17,19H,8,13-14H2,1H3,(H,20,21);1H. The van der Waals surface area contributed by atoms with Gasteiger partial charge in [0.15, 0.2) is 0 Å². The summed E-state index contributed by atoms with van der Waals surface area (Å²) in [6, 6.07) is 19.0. The monoisotopic (exact) mass is 334 g/mol. The van der Waals surface area contributed by atoms with Crippen LogP contribution in [-0.4, -0.2) is 26.0 Å². The first-order chi connectivity index (χ1) is 10.8. The summed E-state index contributed by atoms with van der Waals surface area (Å²) in [6.45, 7) is 1.50. The van der Waals surface area contributed by atoms with Gasteiger partial charge < -0.3 is 15.4 Å². The van der Waals surface area contributed by atoms with E-state index < -0.39 is 6.10 Å². The molecular formula is C18H23ClN2O2. The largest absolute Gasteiger partial charge is 0.476 e.